The van der Waals surface area contributed by atoms with Gasteiger partial charge in [-0.05, 0) is 31.4 Å². The van der Waals surface area contributed by atoms with Gasteiger partial charge in [0.25, 0.3) is 0 Å². The van der Waals surface area contributed by atoms with Gasteiger partial charge in [0.2, 0.25) is 0 Å². The van der Waals surface area contributed by atoms with E-state index >= 15 is 0 Å². The van der Waals surface area contributed by atoms with Crippen molar-refractivity contribution in [2.45, 2.75) is 53.1 Å². The minimum Gasteiger partial charge on any atom is -0.311 e. The number of fused-ring (bicyclic) bond motifs is 1. The third kappa shape index (κ3) is 3.60. The average molecular weight is 273 g/mol. The van der Waals surface area contributed by atoms with E-state index in [0.29, 0.717) is 5.92 Å². The van der Waals surface area contributed by atoms with E-state index in [0.717, 1.165) is 26.1 Å². The molecule has 0 spiro atoms. The molecule has 1 atom stereocenters. The van der Waals surface area contributed by atoms with Crippen molar-refractivity contribution in [1.29, 1.82) is 0 Å². The van der Waals surface area contributed by atoms with Crippen molar-refractivity contribution in [3.63, 3.8) is 0 Å². The standard InChI is InChI=1S/C17H27N3/c1-4-8-14(3)13-20-17-10-7-6-9-15(17)16(19-20)12-18-11-5-2/h6-7,9-10,14,18H,4-5,8,11-13H2,1-3H3. The Morgan fingerprint density at radius 2 is 2.00 bits per heavy atom. The smallest absolute Gasteiger partial charge is 0.0841 e. The second kappa shape index (κ2) is 7.44. The molecule has 1 aromatic heterocycles. The van der Waals surface area contributed by atoms with Gasteiger partial charge in [0, 0.05) is 18.5 Å². The molecule has 1 unspecified atom stereocenters. The summed E-state index contributed by atoms with van der Waals surface area (Å²) in [5.41, 5.74) is 2.45. The monoisotopic (exact) mass is 273 g/mol. The number of nitrogens with zero attached hydrogens (tertiary/aromatic N) is 2. The zero-order valence-corrected chi connectivity index (χ0v) is 13.0. The molecule has 0 saturated carbocycles. The van der Waals surface area contributed by atoms with Crippen LogP contribution in [0.3, 0.4) is 0 Å². The van der Waals surface area contributed by atoms with Crippen LogP contribution in [0.4, 0.5) is 0 Å². The van der Waals surface area contributed by atoms with Crippen LogP contribution in [0.5, 0.6) is 0 Å². The molecule has 110 valence electrons. The second-order valence-electron chi connectivity index (χ2n) is 5.72. The van der Waals surface area contributed by atoms with E-state index in [2.05, 4.69) is 55.0 Å². The number of rotatable bonds is 8. The maximum absolute atomic E-state index is 4.84. The van der Waals surface area contributed by atoms with Crippen LogP contribution >= 0.6 is 0 Å². The first-order valence-corrected chi connectivity index (χ1v) is 7.91. The minimum atomic E-state index is 0.680. The zero-order valence-electron chi connectivity index (χ0n) is 13.0. The fourth-order valence-corrected chi connectivity index (χ4v) is 2.73. The summed E-state index contributed by atoms with van der Waals surface area (Å²) in [5, 5.41) is 9.59. The molecule has 1 N–H and O–H groups in total. The number of nitrogens with one attached hydrogen (secondary N) is 1. The summed E-state index contributed by atoms with van der Waals surface area (Å²) in [4.78, 5) is 0. The molecule has 0 radical (unpaired) electrons. The Balaban J connectivity index is 2.21. The Morgan fingerprint density at radius 1 is 1.20 bits per heavy atom. The van der Waals surface area contributed by atoms with E-state index in [4.69, 9.17) is 5.10 Å². The van der Waals surface area contributed by atoms with Crippen LogP contribution in [0.25, 0.3) is 10.9 Å². The molecular weight excluding hydrogens is 246 g/mol. The summed E-state index contributed by atoms with van der Waals surface area (Å²) in [6.45, 7) is 9.68. The number of hydrogen-bond acceptors (Lipinski definition) is 2. The van der Waals surface area contributed by atoms with Gasteiger partial charge in [-0.3, -0.25) is 4.68 Å². The summed E-state index contributed by atoms with van der Waals surface area (Å²) >= 11 is 0. The first-order valence-electron chi connectivity index (χ1n) is 7.91. The van der Waals surface area contributed by atoms with Crippen LogP contribution in [0.1, 0.15) is 45.7 Å². The quantitative estimate of drug-likeness (QED) is 0.737. The molecule has 0 fully saturated rings. The molecule has 0 amide bonds. The first-order chi connectivity index (χ1) is 9.76. The summed E-state index contributed by atoms with van der Waals surface area (Å²) in [5.74, 6) is 0.680. The molecule has 0 saturated heterocycles. The van der Waals surface area contributed by atoms with Crippen molar-refractivity contribution in [2.75, 3.05) is 6.54 Å². The van der Waals surface area contributed by atoms with Gasteiger partial charge in [0.1, 0.15) is 0 Å². The SMILES string of the molecule is CCCNCc1nn(CC(C)CCC)c2ccccc12. The molecule has 3 nitrogen and oxygen atoms in total. The van der Waals surface area contributed by atoms with E-state index in [9.17, 15) is 0 Å². The van der Waals surface area contributed by atoms with Crippen molar-refractivity contribution in [2.24, 2.45) is 5.92 Å². The Morgan fingerprint density at radius 3 is 2.75 bits per heavy atom. The highest BCUT2D eigenvalue weighted by molar-refractivity contribution is 5.81. The number of hydrogen-bond donors (Lipinski definition) is 1. The summed E-state index contributed by atoms with van der Waals surface area (Å²) in [6, 6.07) is 8.58. The summed E-state index contributed by atoms with van der Waals surface area (Å²) < 4.78 is 2.19. The zero-order chi connectivity index (χ0) is 14.4. The van der Waals surface area contributed by atoms with Crippen LogP contribution in [0, 0.1) is 5.92 Å². The van der Waals surface area contributed by atoms with Gasteiger partial charge in [0.15, 0.2) is 0 Å². The molecule has 0 aliphatic heterocycles. The molecule has 2 aromatic rings. The molecule has 0 aliphatic rings. The van der Waals surface area contributed by atoms with Crippen LogP contribution in [0.15, 0.2) is 24.3 Å². The largest absolute Gasteiger partial charge is 0.311 e. The maximum atomic E-state index is 4.84. The van der Waals surface area contributed by atoms with Crippen LogP contribution in [-0.4, -0.2) is 16.3 Å². The van der Waals surface area contributed by atoms with E-state index in [-0.39, 0.29) is 0 Å². The highest BCUT2D eigenvalue weighted by atomic mass is 15.3. The third-order valence-electron chi connectivity index (χ3n) is 3.72. The molecule has 3 heteroatoms. The Labute approximate surface area is 122 Å². The molecule has 20 heavy (non-hydrogen) atoms. The Kier molecular flexibility index (Phi) is 5.60. The summed E-state index contributed by atoms with van der Waals surface area (Å²) in [7, 11) is 0. The van der Waals surface area contributed by atoms with E-state index in [1.165, 1.54) is 29.4 Å². The fourth-order valence-electron chi connectivity index (χ4n) is 2.73. The highest BCUT2D eigenvalue weighted by Gasteiger charge is 2.11. The molecule has 0 bridgehead atoms. The van der Waals surface area contributed by atoms with Gasteiger partial charge in [-0.2, -0.15) is 5.10 Å². The predicted molar refractivity (Wildman–Crippen MR) is 85.8 cm³/mol. The lowest BCUT2D eigenvalue weighted by atomic mass is 10.1. The van der Waals surface area contributed by atoms with Crippen LogP contribution in [-0.2, 0) is 13.1 Å². The Hall–Kier alpha value is -1.35. The molecule has 1 aromatic carbocycles. The maximum Gasteiger partial charge on any atom is 0.0841 e. The van der Waals surface area contributed by atoms with E-state index < -0.39 is 0 Å². The number of aromatic nitrogens is 2. The van der Waals surface area contributed by atoms with Gasteiger partial charge in [-0.25, -0.2) is 0 Å². The topological polar surface area (TPSA) is 29.9 Å². The Bertz CT molecular complexity index is 530. The molecular formula is C17H27N3. The van der Waals surface area contributed by atoms with Gasteiger partial charge >= 0.3 is 0 Å². The lowest BCUT2D eigenvalue weighted by molar-refractivity contribution is 0.425. The van der Waals surface area contributed by atoms with Crippen molar-refractivity contribution < 1.29 is 0 Å². The van der Waals surface area contributed by atoms with E-state index in [1.807, 2.05) is 0 Å². The van der Waals surface area contributed by atoms with Gasteiger partial charge < -0.3 is 5.32 Å². The number of benzene rings is 1. The normalized spacial score (nSPS) is 12.9. The lowest BCUT2D eigenvalue weighted by Crippen LogP contribution is -2.15. The second-order valence-corrected chi connectivity index (χ2v) is 5.72. The third-order valence-corrected chi connectivity index (χ3v) is 3.72. The molecule has 2 rings (SSSR count). The lowest BCUT2D eigenvalue weighted by Gasteiger charge is -2.10. The van der Waals surface area contributed by atoms with Crippen molar-refractivity contribution in [1.82, 2.24) is 15.1 Å². The van der Waals surface area contributed by atoms with Crippen LogP contribution in [0.2, 0.25) is 0 Å². The van der Waals surface area contributed by atoms with Crippen molar-refractivity contribution in [3.05, 3.63) is 30.0 Å². The van der Waals surface area contributed by atoms with Gasteiger partial charge in [-0.15, -0.1) is 0 Å². The predicted octanol–water partition coefficient (Wildman–Crippen LogP) is 3.97. The van der Waals surface area contributed by atoms with Gasteiger partial charge in [0.05, 0.1) is 11.2 Å². The van der Waals surface area contributed by atoms with E-state index in [1.54, 1.807) is 0 Å². The highest BCUT2D eigenvalue weighted by Crippen LogP contribution is 2.20. The van der Waals surface area contributed by atoms with Crippen molar-refractivity contribution >= 4 is 10.9 Å². The molecule has 1 heterocycles. The van der Waals surface area contributed by atoms with Gasteiger partial charge in [-0.1, -0.05) is 45.4 Å². The number of para-hydroxylation sites is 1. The fraction of sp³-hybridized carbons (Fsp3) is 0.588. The molecule has 0 aliphatic carbocycles. The van der Waals surface area contributed by atoms with Crippen molar-refractivity contribution in [3.8, 4) is 0 Å². The minimum absolute atomic E-state index is 0.680. The van der Waals surface area contributed by atoms with Crippen LogP contribution < -0.4 is 5.32 Å². The first kappa shape index (κ1) is 15.0. The average Bonchev–Trinajstić information content (AvgIpc) is 2.78. The summed E-state index contributed by atoms with van der Waals surface area (Å²) in [6.07, 6.45) is 3.66.